The van der Waals surface area contributed by atoms with E-state index < -0.39 is 0 Å². The van der Waals surface area contributed by atoms with Gasteiger partial charge in [-0.15, -0.1) is 0 Å². The number of benzene rings is 3. The molecule has 144 valence electrons. The molecule has 0 saturated carbocycles. The molecule has 0 fully saturated rings. The van der Waals surface area contributed by atoms with Crippen molar-refractivity contribution in [2.75, 3.05) is 5.73 Å². The average molecular weight is 371 g/mol. The molecule has 2 heteroatoms. The lowest BCUT2D eigenvalue weighted by atomic mass is 9.85. The molecule has 2 nitrogen and oxygen atoms in total. The predicted octanol–water partition coefficient (Wildman–Crippen LogP) is 6.96. The van der Waals surface area contributed by atoms with Crippen LogP contribution < -0.4 is 5.73 Å². The Balaban J connectivity index is 2.13. The molecule has 3 aromatic carbocycles. The third-order valence-electron chi connectivity index (χ3n) is 5.63. The van der Waals surface area contributed by atoms with Gasteiger partial charge in [0.05, 0.1) is 11.0 Å². The van der Waals surface area contributed by atoms with Gasteiger partial charge in [-0.1, -0.05) is 59.7 Å². The van der Waals surface area contributed by atoms with Gasteiger partial charge in [-0.05, 0) is 64.4 Å². The minimum atomic E-state index is 0.113. The molecule has 0 saturated heterocycles. The molecular formula is C26H30N2. The summed E-state index contributed by atoms with van der Waals surface area (Å²) in [4.78, 5) is 0. The highest BCUT2D eigenvalue weighted by Crippen LogP contribution is 2.37. The fourth-order valence-electron chi connectivity index (χ4n) is 3.90. The van der Waals surface area contributed by atoms with Gasteiger partial charge < -0.3 is 10.3 Å². The van der Waals surface area contributed by atoms with Crippen molar-refractivity contribution in [2.45, 2.75) is 52.4 Å². The molecule has 0 bridgehead atoms. The van der Waals surface area contributed by atoms with E-state index in [9.17, 15) is 0 Å². The summed E-state index contributed by atoms with van der Waals surface area (Å²) in [5, 5.41) is 2.60. The molecule has 28 heavy (non-hydrogen) atoms. The molecule has 0 aliphatic heterocycles. The van der Waals surface area contributed by atoms with Crippen molar-refractivity contribution in [1.29, 1.82) is 0 Å². The Labute approximate surface area is 168 Å². The highest BCUT2D eigenvalue weighted by molar-refractivity contribution is 6.09. The van der Waals surface area contributed by atoms with Crippen LogP contribution in [0.5, 0.6) is 0 Å². The van der Waals surface area contributed by atoms with Gasteiger partial charge in [0.25, 0.3) is 0 Å². The largest absolute Gasteiger partial charge is 0.399 e. The van der Waals surface area contributed by atoms with Gasteiger partial charge in [0.15, 0.2) is 0 Å². The van der Waals surface area contributed by atoms with Crippen molar-refractivity contribution in [1.82, 2.24) is 4.57 Å². The third-order valence-corrected chi connectivity index (χ3v) is 5.63. The van der Waals surface area contributed by atoms with E-state index in [1.54, 1.807) is 0 Å². The zero-order chi connectivity index (χ0) is 20.3. The topological polar surface area (TPSA) is 30.9 Å². The van der Waals surface area contributed by atoms with E-state index in [1.807, 2.05) is 18.2 Å². The molecular weight excluding hydrogens is 340 g/mol. The van der Waals surface area contributed by atoms with Gasteiger partial charge in [-0.25, -0.2) is 0 Å². The van der Waals surface area contributed by atoms with Crippen molar-refractivity contribution in [3.63, 3.8) is 0 Å². The van der Waals surface area contributed by atoms with Gasteiger partial charge in [0, 0.05) is 22.1 Å². The first-order valence-electron chi connectivity index (χ1n) is 10.0. The second-order valence-corrected chi connectivity index (χ2v) is 9.89. The maximum atomic E-state index is 6.10. The summed E-state index contributed by atoms with van der Waals surface area (Å²) < 4.78 is 2.33. The number of anilines is 1. The van der Waals surface area contributed by atoms with E-state index in [1.165, 1.54) is 32.9 Å². The minimum absolute atomic E-state index is 0.113. The first-order chi connectivity index (χ1) is 13.1. The second kappa shape index (κ2) is 6.13. The minimum Gasteiger partial charge on any atom is -0.399 e. The summed E-state index contributed by atoms with van der Waals surface area (Å²) in [5.74, 6) is 0. The van der Waals surface area contributed by atoms with Crippen molar-refractivity contribution < 1.29 is 0 Å². The number of fused-ring (bicyclic) bond motifs is 3. The molecule has 1 heterocycles. The lowest BCUT2D eigenvalue weighted by Crippen LogP contribution is -2.10. The lowest BCUT2D eigenvalue weighted by molar-refractivity contribution is 0.590. The Morgan fingerprint density at radius 3 is 1.57 bits per heavy atom. The summed E-state index contributed by atoms with van der Waals surface area (Å²) in [6.45, 7) is 13.6. The predicted molar refractivity (Wildman–Crippen MR) is 123 cm³/mol. The third kappa shape index (κ3) is 3.07. The molecule has 0 aliphatic rings. The second-order valence-electron chi connectivity index (χ2n) is 9.89. The molecule has 0 aliphatic carbocycles. The smallest absolute Gasteiger partial charge is 0.0541 e. The number of rotatable bonds is 1. The normalized spacial score (nSPS) is 12.8. The molecule has 2 N–H and O–H groups in total. The number of nitrogens with two attached hydrogens (primary N) is 1. The van der Waals surface area contributed by atoms with Crippen LogP contribution in [0.4, 0.5) is 5.69 Å². The SMILES string of the molecule is CC(C)(C)c1ccc2c(c1)c1cc(C(C)(C)C)ccc1n2-c1cccc(N)c1. The van der Waals surface area contributed by atoms with Crippen LogP contribution in [0, 0.1) is 0 Å². The molecule has 0 spiro atoms. The maximum Gasteiger partial charge on any atom is 0.0541 e. The van der Waals surface area contributed by atoms with Crippen LogP contribution in [0.1, 0.15) is 52.7 Å². The number of nitrogen functional groups attached to an aromatic ring is 1. The Morgan fingerprint density at radius 2 is 1.14 bits per heavy atom. The van der Waals surface area contributed by atoms with Crippen molar-refractivity contribution in [3.8, 4) is 5.69 Å². The molecule has 0 unspecified atom stereocenters. The molecule has 1 aromatic heterocycles. The molecule has 0 radical (unpaired) electrons. The summed E-state index contributed by atoms with van der Waals surface area (Å²) in [5.41, 5.74) is 13.4. The van der Waals surface area contributed by atoms with Crippen LogP contribution in [0.3, 0.4) is 0 Å². The van der Waals surface area contributed by atoms with Gasteiger partial charge in [0.1, 0.15) is 0 Å². The number of hydrogen-bond donors (Lipinski definition) is 1. The zero-order valence-corrected chi connectivity index (χ0v) is 17.8. The van der Waals surface area contributed by atoms with E-state index in [0.29, 0.717) is 0 Å². The summed E-state index contributed by atoms with van der Waals surface area (Å²) >= 11 is 0. The van der Waals surface area contributed by atoms with Crippen LogP contribution in [0.2, 0.25) is 0 Å². The van der Waals surface area contributed by atoms with Crippen LogP contribution in [-0.4, -0.2) is 4.57 Å². The van der Waals surface area contributed by atoms with E-state index in [4.69, 9.17) is 5.73 Å². The van der Waals surface area contributed by atoms with E-state index in [2.05, 4.69) is 88.6 Å². The van der Waals surface area contributed by atoms with Crippen LogP contribution in [0.25, 0.3) is 27.5 Å². The summed E-state index contributed by atoms with van der Waals surface area (Å²) in [6, 6.07) is 21.9. The monoisotopic (exact) mass is 370 g/mol. The highest BCUT2D eigenvalue weighted by atomic mass is 15.0. The Hall–Kier alpha value is -2.74. The van der Waals surface area contributed by atoms with Crippen LogP contribution in [-0.2, 0) is 10.8 Å². The standard InChI is InChI=1S/C26H30N2/c1-25(2,3)17-10-12-23-21(14-17)22-15-18(26(4,5)6)11-13-24(22)28(23)20-9-7-8-19(27)16-20/h7-16H,27H2,1-6H3. The maximum absolute atomic E-state index is 6.10. The molecule has 4 rings (SSSR count). The Kier molecular flexibility index (Phi) is 4.08. The quantitative estimate of drug-likeness (QED) is 0.361. The molecule has 0 atom stereocenters. The van der Waals surface area contributed by atoms with Gasteiger partial charge in [0.2, 0.25) is 0 Å². The van der Waals surface area contributed by atoms with E-state index >= 15 is 0 Å². The Bertz CT molecular complexity index is 1110. The summed E-state index contributed by atoms with van der Waals surface area (Å²) in [7, 11) is 0. The van der Waals surface area contributed by atoms with Gasteiger partial charge >= 0.3 is 0 Å². The first-order valence-corrected chi connectivity index (χ1v) is 10.0. The highest BCUT2D eigenvalue weighted by Gasteiger charge is 2.20. The van der Waals surface area contributed by atoms with Gasteiger partial charge in [-0.3, -0.25) is 0 Å². The lowest BCUT2D eigenvalue weighted by Gasteiger charge is -2.19. The van der Waals surface area contributed by atoms with Gasteiger partial charge in [-0.2, -0.15) is 0 Å². The van der Waals surface area contributed by atoms with E-state index in [0.717, 1.165) is 11.4 Å². The first kappa shape index (κ1) is 18.6. The fourth-order valence-corrected chi connectivity index (χ4v) is 3.90. The fraction of sp³-hybridized carbons (Fsp3) is 0.308. The Morgan fingerprint density at radius 1 is 0.643 bits per heavy atom. The van der Waals surface area contributed by atoms with E-state index in [-0.39, 0.29) is 10.8 Å². The van der Waals surface area contributed by atoms with Crippen molar-refractivity contribution in [3.05, 3.63) is 71.8 Å². The van der Waals surface area contributed by atoms with Crippen LogP contribution >= 0.6 is 0 Å². The number of nitrogens with zero attached hydrogens (tertiary/aromatic N) is 1. The molecule has 0 amide bonds. The van der Waals surface area contributed by atoms with Crippen molar-refractivity contribution in [2.24, 2.45) is 0 Å². The number of aromatic nitrogens is 1. The number of hydrogen-bond acceptors (Lipinski definition) is 1. The van der Waals surface area contributed by atoms with Crippen molar-refractivity contribution >= 4 is 27.5 Å². The molecule has 4 aromatic rings. The average Bonchev–Trinajstić information content (AvgIpc) is 2.93. The van der Waals surface area contributed by atoms with Crippen LogP contribution in [0.15, 0.2) is 60.7 Å². The summed E-state index contributed by atoms with van der Waals surface area (Å²) in [6.07, 6.45) is 0. The zero-order valence-electron chi connectivity index (χ0n) is 17.8.